The van der Waals surface area contributed by atoms with Crippen molar-refractivity contribution >= 4 is 40.6 Å². The molecule has 1 atom stereocenters. The molecule has 0 saturated heterocycles. The minimum atomic E-state index is -0.434. The zero-order valence-electron chi connectivity index (χ0n) is 12.3. The fraction of sp³-hybridized carbons (Fsp3) is 0.250. The number of anilines is 1. The Balaban J connectivity index is 1.99. The second kappa shape index (κ2) is 6.64. The number of furan rings is 1. The lowest BCUT2D eigenvalue weighted by atomic mass is 10.1. The number of nitrogens with zero attached hydrogens (tertiary/aromatic N) is 2. The Kier molecular flexibility index (Phi) is 4.59. The van der Waals surface area contributed by atoms with Gasteiger partial charge in [0.25, 0.3) is 0 Å². The number of benzene rings is 1. The summed E-state index contributed by atoms with van der Waals surface area (Å²) in [5.74, 6) is 0.260. The van der Waals surface area contributed by atoms with Crippen molar-refractivity contribution in [3.63, 3.8) is 0 Å². The number of hydrogen-bond acceptors (Lipinski definition) is 5. The van der Waals surface area contributed by atoms with Crippen LogP contribution in [0.4, 0.5) is 5.69 Å². The van der Waals surface area contributed by atoms with Gasteiger partial charge in [0.1, 0.15) is 17.5 Å². The summed E-state index contributed by atoms with van der Waals surface area (Å²) in [5.41, 5.74) is 0.982. The van der Waals surface area contributed by atoms with E-state index in [9.17, 15) is 4.79 Å². The molecule has 1 aromatic carbocycles. The third kappa shape index (κ3) is 3.21. The van der Waals surface area contributed by atoms with Crippen LogP contribution in [-0.2, 0) is 9.53 Å². The van der Waals surface area contributed by atoms with Gasteiger partial charge in [0.15, 0.2) is 0 Å². The molecule has 0 saturated carbocycles. The molecular formula is C16H14Cl2N2O3. The molecule has 3 rings (SSSR count). The summed E-state index contributed by atoms with van der Waals surface area (Å²) < 4.78 is 10.5. The van der Waals surface area contributed by atoms with Crippen LogP contribution in [0, 0.1) is 0 Å². The molecule has 2 heterocycles. The molecule has 2 aromatic rings. The predicted octanol–water partition coefficient (Wildman–Crippen LogP) is 4.46. The van der Waals surface area contributed by atoms with Crippen LogP contribution in [0.25, 0.3) is 0 Å². The first-order valence-electron chi connectivity index (χ1n) is 7.12. The zero-order valence-corrected chi connectivity index (χ0v) is 13.8. The van der Waals surface area contributed by atoms with E-state index in [1.54, 1.807) is 42.5 Å². The second-order valence-corrected chi connectivity index (χ2v) is 5.79. The predicted molar refractivity (Wildman–Crippen MR) is 89.1 cm³/mol. The van der Waals surface area contributed by atoms with Crippen LogP contribution < -0.4 is 5.01 Å². The van der Waals surface area contributed by atoms with E-state index in [2.05, 4.69) is 5.10 Å². The SMILES string of the molecule is CCOC(=O)C1=NN(c2ccc(Cl)cc2Cl)C(c2ccco2)C1. The average molecular weight is 353 g/mol. The lowest BCUT2D eigenvalue weighted by Gasteiger charge is -2.22. The second-order valence-electron chi connectivity index (χ2n) is 4.94. The fourth-order valence-electron chi connectivity index (χ4n) is 2.44. The van der Waals surface area contributed by atoms with Gasteiger partial charge in [-0.1, -0.05) is 23.2 Å². The normalized spacial score (nSPS) is 17.3. The number of rotatable bonds is 4. The van der Waals surface area contributed by atoms with Gasteiger partial charge in [-0.3, -0.25) is 5.01 Å². The van der Waals surface area contributed by atoms with Gasteiger partial charge in [0.2, 0.25) is 0 Å². The minimum Gasteiger partial charge on any atom is -0.467 e. The summed E-state index contributed by atoms with van der Waals surface area (Å²) in [7, 11) is 0. The highest BCUT2D eigenvalue weighted by Crippen LogP contribution is 2.39. The van der Waals surface area contributed by atoms with Gasteiger partial charge < -0.3 is 9.15 Å². The van der Waals surface area contributed by atoms with Crippen LogP contribution in [0.15, 0.2) is 46.1 Å². The van der Waals surface area contributed by atoms with Gasteiger partial charge >= 0.3 is 5.97 Å². The van der Waals surface area contributed by atoms with E-state index >= 15 is 0 Å². The standard InChI is InChI=1S/C16H14Cl2N2O3/c1-2-22-16(21)12-9-14(15-4-3-7-23-15)20(19-12)13-6-5-10(17)8-11(13)18/h3-8,14H,2,9H2,1H3. The van der Waals surface area contributed by atoms with E-state index in [1.807, 2.05) is 6.07 Å². The summed E-state index contributed by atoms with van der Waals surface area (Å²) in [6.45, 7) is 2.05. The monoisotopic (exact) mass is 352 g/mol. The number of carbonyl (C=O) groups is 1. The molecule has 0 amide bonds. The van der Waals surface area contributed by atoms with E-state index in [4.69, 9.17) is 32.4 Å². The summed E-state index contributed by atoms with van der Waals surface area (Å²) >= 11 is 12.2. The molecule has 1 unspecified atom stereocenters. The van der Waals surface area contributed by atoms with Crippen molar-refractivity contribution in [1.82, 2.24) is 0 Å². The number of halogens is 2. The van der Waals surface area contributed by atoms with Crippen LogP contribution >= 0.6 is 23.2 Å². The first-order chi connectivity index (χ1) is 11.1. The maximum Gasteiger partial charge on any atom is 0.354 e. The molecule has 1 aliphatic heterocycles. The zero-order chi connectivity index (χ0) is 16.4. The third-order valence-electron chi connectivity index (χ3n) is 3.45. The Morgan fingerprint density at radius 2 is 2.26 bits per heavy atom. The molecule has 0 bridgehead atoms. The molecule has 0 radical (unpaired) electrons. The molecular weight excluding hydrogens is 339 g/mol. The van der Waals surface area contributed by atoms with Crippen molar-refractivity contribution < 1.29 is 13.9 Å². The lowest BCUT2D eigenvalue weighted by molar-refractivity contribution is -0.135. The van der Waals surface area contributed by atoms with Crippen LogP contribution in [0.1, 0.15) is 25.1 Å². The van der Waals surface area contributed by atoms with Crippen molar-refractivity contribution in [1.29, 1.82) is 0 Å². The number of hydrazone groups is 1. The van der Waals surface area contributed by atoms with E-state index < -0.39 is 5.97 Å². The summed E-state index contributed by atoms with van der Waals surface area (Å²) in [5, 5.41) is 7.04. The molecule has 23 heavy (non-hydrogen) atoms. The molecule has 1 aliphatic rings. The number of carbonyl (C=O) groups excluding carboxylic acids is 1. The highest BCUT2D eigenvalue weighted by atomic mass is 35.5. The molecule has 120 valence electrons. The van der Waals surface area contributed by atoms with E-state index in [0.717, 1.165) is 0 Å². The number of ether oxygens (including phenoxy) is 1. The summed E-state index contributed by atoms with van der Waals surface area (Å²) in [6, 6.07) is 8.49. The highest BCUT2D eigenvalue weighted by molar-refractivity contribution is 6.38. The van der Waals surface area contributed by atoms with E-state index in [-0.39, 0.29) is 6.04 Å². The van der Waals surface area contributed by atoms with Crippen LogP contribution in [0.3, 0.4) is 0 Å². The summed E-state index contributed by atoms with van der Waals surface area (Å²) in [4.78, 5) is 12.0. The van der Waals surface area contributed by atoms with Crippen LogP contribution in [0.2, 0.25) is 10.0 Å². The van der Waals surface area contributed by atoms with Gasteiger partial charge in [-0.15, -0.1) is 0 Å². The maximum absolute atomic E-state index is 12.0. The average Bonchev–Trinajstić information content (AvgIpc) is 3.16. The Bertz CT molecular complexity index is 744. The van der Waals surface area contributed by atoms with Gasteiger partial charge in [0.05, 0.1) is 23.6 Å². The molecule has 7 heteroatoms. The van der Waals surface area contributed by atoms with Crippen molar-refractivity contribution in [2.45, 2.75) is 19.4 Å². The largest absolute Gasteiger partial charge is 0.467 e. The first-order valence-corrected chi connectivity index (χ1v) is 7.88. The van der Waals surface area contributed by atoms with Gasteiger partial charge in [-0.25, -0.2) is 4.79 Å². The van der Waals surface area contributed by atoms with Crippen molar-refractivity contribution in [3.05, 3.63) is 52.4 Å². The molecule has 0 aliphatic carbocycles. The van der Waals surface area contributed by atoms with Gasteiger partial charge in [-0.05, 0) is 37.3 Å². The van der Waals surface area contributed by atoms with Gasteiger partial charge in [-0.2, -0.15) is 5.10 Å². The molecule has 0 N–H and O–H groups in total. The Morgan fingerprint density at radius 1 is 1.43 bits per heavy atom. The van der Waals surface area contributed by atoms with Crippen molar-refractivity contribution in [2.24, 2.45) is 5.10 Å². The molecule has 0 fully saturated rings. The van der Waals surface area contributed by atoms with Crippen LogP contribution in [-0.4, -0.2) is 18.3 Å². The summed E-state index contributed by atoms with van der Waals surface area (Å²) in [6.07, 6.45) is 1.96. The fourth-order valence-corrected chi connectivity index (χ4v) is 2.93. The molecule has 0 spiro atoms. The lowest BCUT2D eigenvalue weighted by Crippen LogP contribution is -2.18. The van der Waals surface area contributed by atoms with E-state index in [1.165, 1.54) is 0 Å². The highest BCUT2D eigenvalue weighted by Gasteiger charge is 2.35. The topological polar surface area (TPSA) is 55.0 Å². The third-order valence-corrected chi connectivity index (χ3v) is 3.99. The van der Waals surface area contributed by atoms with Crippen molar-refractivity contribution in [2.75, 3.05) is 11.6 Å². The van der Waals surface area contributed by atoms with Gasteiger partial charge in [0, 0.05) is 11.4 Å². The van der Waals surface area contributed by atoms with Crippen molar-refractivity contribution in [3.8, 4) is 0 Å². The molecule has 1 aromatic heterocycles. The Hall–Kier alpha value is -1.98. The first kappa shape index (κ1) is 15.9. The Labute approximate surface area is 143 Å². The van der Waals surface area contributed by atoms with Crippen LogP contribution in [0.5, 0.6) is 0 Å². The smallest absolute Gasteiger partial charge is 0.354 e. The Morgan fingerprint density at radius 3 is 2.91 bits per heavy atom. The minimum absolute atomic E-state index is 0.261. The van der Waals surface area contributed by atoms with E-state index in [0.29, 0.717) is 40.2 Å². The quantitative estimate of drug-likeness (QED) is 0.762. The molecule has 5 nitrogen and oxygen atoms in total. The maximum atomic E-state index is 12.0. The number of esters is 1. The number of hydrogen-bond donors (Lipinski definition) is 0.